The summed E-state index contributed by atoms with van der Waals surface area (Å²) in [7, 11) is 0. The smallest absolute Gasteiger partial charge is 0.129 e. The van der Waals surface area contributed by atoms with Gasteiger partial charge in [-0.1, -0.05) is 11.6 Å². The van der Waals surface area contributed by atoms with Gasteiger partial charge in [0.15, 0.2) is 0 Å². The number of benzene rings is 2. The second-order valence-corrected chi connectivity index (χ2v) is 5.30. The quantitative estimate of drug-likeness (QED) is 0.699. The van der Waals surface area contributed by atoms with E-state index in [2.05, 4.69) is 14.1 Å². The molecule has 3 N–H and O–H groups in total. The Balaban J connectivity index is 2.12. The zero-order valence-electron chi connectivity index (χ0n) is 10.4. The van der Waals surface area contributed by atoms with Crippen molar-refractivity contribution in [3.63, 3.8) is 0 Å². The first-order valence-corrected chi connectivity index (χ1v) is 6.90. The minimum Gasteiger partial charge on any atom is -0.397 e. The second-order valence-electron chi connectivity index (χ2n) is 4.37. The number of aryl methyl sites for hydroxylation is 1. The summed E-state index contributed by atoms with van der Waals surface area (Å²) < 4.78 is 21.8. The van der Waals surface area contributed by atoms with Crippen molar-refractivity contribution in [2.24, 2.45) is 0 Å². The summed E-state index contributed by atoms with van der Waals surface area (Å²) >= 11 is 7.30. The molecule has 0 spiro atoms. The molecule has 2 aromatic carbocycles. The Kier molecular flexibility index (Phi) is 3.19. The molecule has 0 saturated heterocycles. The molecule has 0 atom stereocenters. The van der Waals surface area contributed by atoms with Crippen molar-refractivity contribution >= 4 is 51.4 Å². The summed E-state index contributed by atoms with van der Waals surface area (Å²) in [6, 6.07) is 6.45. The van der Waals surface area contributed by atoms with Crippen LogP contribution in [0.5, 0.6) is 0 Å². The lowest BCUT2D eigenvalue weighted by molar-refractivity contribution is 0.619. The third kappa shape index (κ3) is 2.17. The number of nitrogen functional groups attached to an aromatic ring is 1. The van der Waals surface area contributed by atoms with Crippen LogP contribution in [0, 0.1) is 12.7 Å². The van der Waals surface area contributed by atoms with Crippen molar-refractivity contribution in [2.75, 3.05) is 11.1 Å². The molecule has 4 nitrogen and oxygen atoms in total. The highest BCUT2D eigenvalue weighted by Crippen LogP contribution is 2.34. The van der Waals surface area contributed by atoms with Gasteiger partial charge in [-0.15, -0.1) is 0 Å². The topological polar surface area (TPSA) is 63.8 Å². The molecule has 3 rings (SSSR count). The van der Waals surface area contributed by atoms with Crippen LogP contribution in [-0.4, -0.2) is 8.75 Å². The van der Waals surface area contributed by atoms with Gasteiger partial charge in [0.1, 0.15) is 16.9 Å². The molecule has 0 radical (unpaired) electrons. The fourth-order valence-electron chi connectivity index (χ4n) is 1.89. The molecule has 0 unspecified atom stereocenters. The van der Waals surface area contributed by atoms with E-state index < -0.39 is 0 Å². The number of nitrogens with zero attached hydrogens (tertiary/aromatic N) is 2. The van der Waals surface area contributed by atoms with E-state index in [-0.39, 0.29) is 5.82 Å². The van der Waals surface area contributed by atoms with Gasteiger partial charge in [0, 0.05) is 0 Å². The minimum absolute atomic E-state index is 0.310. The number of hydrogen-bond acceptors (Lipinski definition) is 5. The highest BCUT2D eigenvalue weighted by atomic mass is 35.5. The Morgan fingerprint density at radius 1 is 1.30 bits per heavy atom. The molecule has 0 saturated carbocycles. The van der Waals surface area contributed by atoms with Crippen LogP contribution in [0.3, 0.4) is 0 Å². The molecule has 1 aromatic heterocycles. The maximum Gasteiger partial charge on any atom is 0.129 e. The summed E-state index contributed by atoms with van der Waals surface area (Å²) in [5.41, 5.74) is 9.27. The van der Waals surface area contributed by atoms with Crippen LogP contribution in [0.4, 0.5) is 21.5 Å². The Morgan fingerprint density at radius 2 is 2.10 bits per heavy atom. The van der Waals surface area contributed by atoms with Crippen molar-refractivity contribution in [2.45, 2.75) is 6.92 Å². The number of rotatable bonds is 2. The number of fused-ring (bicyclic) bond motifs is 1. The molecular formula is C13H10ClFN4S. The van der Waals surface area contributed by atoms with Crippen LogP contribution in [0.2, 0.25) is 5.02 Å². The normalized spacial score (nSPS) is 10.9. The van der Waals surface area contributed by atoms with Gasteiger partial charge in [0.25, 0.3) is 0 Å². The molecular weight excluding hydrogens is 299 g/mol. The highest BCUT2D eigenvalue weighted by Gasteiger charge is 2.12. The Bertz CT molecular complexity index is 802. The highest BCUT2D eigenvalue weighted by molar-refractivity contribution is 7.00. The van der Waals surface area contributed by atoms with Crippen molar-refractivity contribution in [1.29, 1.82) is 0 Å². The molecule has 0 fully saturated rings. The number of hydrogen-bond donors (Lipinski definition) is 2. The van der Waals surface area contributed by atoms with E-state index in [4.69, 9.17) is 17.3 Å². The van der Waals surface area contributed by atoms with Crippen LogP contribution < -0.4 is 11.1 Å². The number of nitrogens with two attached hydrogens (primary N) is 1. The summed E-state index contributed by atoms with van der Waals surface area (Å²) in [6.07, 6.45) is 0. The second kappa shape index (κ2) is 4.88. The molecule has 20 heavy (non-hydrogen) atoms. The fourth-order valence-corrected chi connectivity index (χ4v) is 2.63. The average Bonchev–Trinajstić information content (AvgIpc) is 2.87. The minimum atomic E-state index is -0.340. The zero-order chi connectivity index (χ0) is 14.3. The first-order chi connectivity index (χ1) is 9.56. The Labute approximate surface area is 123 Å². The van der Waals surface area contributed by atoms with Gasteiger partial charge in [-0.3, -0.25) is 0 Å². The first-order valence-electron chi connectivity index (χ1n) is 5.79. The average molecular weight is 309 g/mol. The van der Waals surface area contributed by atoms with Gasteiger partial charge in [0.2, 0.25) is 0 Å². The third-order valence-corrected chi connectivity index (χ3v) is 3.83. The van der Waals surface area contributed by atoms with E-state index in [0.29, 0.717) is 33.2 Å². The number of halogens is 2. The van der Waals surface area contributed by atoms with Gasteiger partial charge < -0.3 is 11.1 Å². The summed E-state index contributed by atoms with van der Waals surface area (Å²) in [5.74, 6) is -0.340. The predicted molar refractivity (Wildman–Crippen MR) is 81.3 cm³/mol. The Hall–Kier alpha value is -1.92. The van der Waals surface area contributed by atoms with E-state index in [1.54, 1.807) is 25.1 Å². The third-order valence-electron chi connectivity index (χ3n) is 2.97. The molecule has 1 heterocycles. The first kappa shape index (κ1) is 13.1. The van der Waals surface area contributed by atoms with Crippen molar-refractivity contribution in [3.05, 3.63) is 40.7 Å². The van der Waals surface area contributed by atoms with E-state index >= 15 is 0 Å². The van der Waals surface area contributed by atoms with Gasteiger partial charge in [-0.25, -0.2) is 4.39 Å². The van der Waals surface area contributed by atoms with Gasteiger partial charge in [-0.2, -0.15) is 8.75 Å². The van der Waals surface area contributed by atoms with Gasteiger partial charge >= 0.3 is 0 Å². The number of aromatic nitrogens is 2. The molecule has 0 aliphatic rings. The maximum atomic E-state index is 13.4. The van der Waals surface area contributed by atoms with Crippen LogP contribution in [0.1, 0.15) is 5.56 Å². The molecule has 0 bridgehead atoms. The lowest BCUT2D eigenvalue weighted by Crippen LogP contribution is -1.99. The standard InChI is InChI=1S/C13H10ClFN4S/c1-6-4-11(9(16)5-8(6)15)17-12-7(14)2-3-10-13(12)19-20-18-10/h2-5,17H,16H2,1H3. The SMILES string of the molecule is Cc1cc(Nc2c(Cl)ccc3nsnc23)c(N)cc1F. The fraction of sp³-hybridized carbons (Fsp3) is 0.0769. The van der Waals surface area contributed by atoms with E-state index in [0.717, 1.165) is 17.2 Å². The summed E-state index contributed by atoms with van der Waals surface area (Å²) in [6.45, 7) is 1.67. The molecule has 0 amide bonds. The van der Waals surface area contributed by atoms with Gasteiger partial charge in [-0.05, 0) is 36.8 Å². The monoisotopic (exact) mass is 308 g/mol. The van der Waals surface area contributed by atoms with Crippen molar-refractivity contribution < 1.29 is 4.39 Å². The molecule has 102 valence electrons. The summed E-state index contributed by atoms with van der Waals surface area (Å²) in [4.78, 5) is 0. The predicted octanol–water partition coefficient (Wildman–Crippen LogP) is 4.12. The van der Waals surface area contributed by atoms with Crippen LogP contribution >= 0.6 is 23.3 Å². The number of anilines is 3. The zero-order valence-corrected chi connectivity index (χ0v) is 12.0. The summed E-state index contributed by atoms with van der Waals surface area (Å²) in [5, 5.41) is 3.62. The molecule has 0 aliphatic heterocycles. The lowest BCUT2D eigenvalue weighted by atomic mass is 10.1. The molecule has 7 heteroatoms. The van der Waals surface area contributed by atoms with Crippen molar-refractivity contribution in [1.82, 2.24) is 8.75 Å². The van der Waals surface area contributed by atoms with Gasteiger partial charge in [0.05, 0.1) is 33.8 Å². The largest absolute Gasteiger partial charge is 0.397 e. The molecule has 3 aromatic rings. The van der Waals surface area contributed by atoms with Crippen LogP contribution in [0.15, 0.2) is 24.3 Å². The van der Waals surface area contributed by atoms with Crippen molar-refractivity contribution in [3.8, 4) is 0 Å². The lowest BCUT2D eigenvalue weighted by Gasteiger charge is -2.12. The maximum absolute atomic E-state index is 13.4. The van der Waals surface area contributed by atoms with E-state index in [1.165, 1.54) is 6.07 Å². The van der Waals surface area contributed by atoms with Crippen LogP contribution in [-0.2, 0) is 0 Å². The number of nitrogens with one attached hydrogen (secondary N) is 1. The van der Waals surface area contributed by atoms with E-state index in [9.17, 15) is 4.39 Å². The Morgan fingerprint density at radius 3 is 2.90 bits per heavy atom. The molecule has 0 aliphatic carbocycles. The van der Waals surface area contributed by atoms with E-state index in [1.807, 2.05) is 0 Å². The van der Waals surface area contributed by atoms with Crippen LogP contribution in [0.25, 0.3) is 11.0 Å².